The molecule has 12 aromatic carbocycles. The number of aromatic nitrogens is 2. The minimum absolute atomic E-state index is 0.924. The lowest BCUT2D eigenvalue weighted by Gasteiger charge is -2.32. The van der Waals surface area contributed by atoms with E-state index in [0.717, 1.165) is 124 Å². The van der Waals surface area contributed by atoms with Gasteiger partial charge in [0.05, 0.1) is 56.9 Å². The predicted octanol–water partition coefficient (Wildman–Crippen LogP) is 19.7. The molecule has 0 radical (unpaired) electrons. The molecule has 0 amide bonds. The minimum Gasteiger partial charge on any atom is -0.309 e. The molecule has 91 heavy (non-hydrogen) atoms. The molecule has 0 saturated heterocycles. The zero-order valence-electron chi connectivity index (χ0n) is 49.6. The average molecular weight is 1170 g/mol. The summed E-state index contributed by atoms with van der Waals surface area (Å²) in [6, 6.07) is 117. The molecular formula is C86H56N4Si. The maximum Gasteiger partial charge on any atom is 0.182 e. The van der Waals surface area contributed by atoms with Gasteiger partial charge in [0.15, 0.2) is 8.07 Å². The zero-order chi connectivity index (χ0) is 60.0. The van der Waals surface area contributed by atoms with E-state index in [1.807, 2.05) is 0 Å². The first-order valence-electron chi connectivity index (χ1n) is 31.3. The van der Waals surface area contributed by atoms with Crippen molar-refractivity contribution < 1.29 is 0 Å². The summed E-state index contributed by atoms with van der Waals surface area (Å²) in [7, 11) is -3.49. The number of benzene rings is 12. The van der Waals surface area contributed by atoms with Gasteiger partial charge in [0.25, 0.3) is 0 Å². The molecule has 0 atom stereocenters. The Balaban J connectivity index is 1.00. The molecule has 0 aliphatic carbocycles. The van der Waals surface area contributed by atoms with Crippen molar-refractivity contribution in [3.8, 4) is 89.5 Å². The number of fused-ring (bicyclic) bond motifs is 14. The zero-order valence-corrected chi connectivity index (χ0v) is 50.6. The van der Waals surface area contributed by atoms with E-state index in [1.54, 1.807) is 0 Å². The maximum atomic E-state index is 5.48. The van der Waals surface area contributed by atoms with Crippen LogP contribution in [0.2, 0.25) is 0 Å². The monoisotopic (exact) mass is 1170 g/mol. The Bertz CT molecular complexity index is 4760. The lowest BCUT2D eigenvalue weighted by Crippen LogP contribution is -2.70. The Labute approximate surface area is 531 Å². The third kappa shape index (κ3) is 8.29. The van der Waals surface area contributed by atoms with Gasteiger partial charge in [-0.25, -0.2) is 9.97 Å². The van der Waals surface area contributed by atoms with E-state index in [-0.39, 0.29) is 0 Å². The van der Waals surface area contributed by atoms with E-state index in [4.69, 9.17) is 9.97 Å². The molecule has 4 aliphatic heterocycles. The molecule has 0 N–H and O–H groups in total. The first kappa shape index (κ1) is 52.4. The molecule has 0 saturated carbocycles. The molecule has 2 aromatic heterocycles. The van der Waals surface area contributed by atoms with Crippen LogP contribution >= 0.6 is 0 Å². The molecule has 14 aromatic rings. The van der Waals surface area contributed by atoms with Gasteiger partial charge in [0.2, 0.25) is 0 Å². The van der Waals surface area contributed by atoms with Gasteiger partial charge in [0.1, 0.15) is 0 Å². The SMILES string of the molecule is C1=Cc2ccccc2N(c2cccc3c2-c2c(N4c5ccccc5C=Cc5ccccc54)cccc2[Si]32c3cccc(-c4cc(-c5ccccc5)nc(-c5ccccc5)c4)c3-c3c(-c4cc(-c5ccccc5)nc(-c5ccccc5)c4)cccc32)c2ccccc21. The van der Waals surface area contributed by atoms with Crippen molar-refractivity contribution in [1.29, 1.82) is 0 Å². The van der Waals surface area contributed by atoms with Crippen LogP contribution in [0, 0.1) is 0 Å². The van der Waals surface area contributed by atoms with Crippen LogP contribution in [0.15, 0.2) is 315 Å². The molecule has 4 aliphatic rings. The Hall–Kier alpha value is -11.8. The van der Waals surface area contributed by atoms with Crippen molar-refractivity contribution in [2.45, 2.75) is 0 Å². The van der Waals surface area contributed by atoms with E-state index in [9.17, 15) is 0 Å². The van der Waals surface area contributed by atoms with Crippen LogP contribution < -0.4 is 30.5 Å². The number of pyridine rings is 2. The third-order valence-electron chi connectivity index (χ3n) is 19.0. The second-order valence-corrected chi connectivity index (χ2v) is 27.5. The number of rotatable bonds is 8. The highest BCUT2D eigenvalue weighted by atomic mass is 28.3. The fourth-order valence-electron chi connectivity index (χ4n) is 15.1. The molecule has 18 rings (SSSR count). The Morgan fingerprint density at radius 1 is 0.209 bits per heavy atom. The molecule has 5 heteroatoms. The van der Waals surface area contributed by atoms with Gasteiger partial charge in [-0.2, -0.15) is 0 Å². The van der Waals surface area contributed by atoms with Gasteiger partial charge in [-0.1, -0.05) is 279 Å². The highest BCUT2D eigenvalue weighted by Gasteiger charge is 2.57. The summed E-state index contributed by atoms with van der Waals surface area (Å²) in [5.74, 6) is 0. The van der Waals surface area contributed by atoms with E-state index < -0.39 is 8.07 Å². The summed E-state index contributed by atoms with van der Waals surface area (Å²) in [6.07, 6.45) is 9.15. The number of anilines is 6. The van der Waals surface area contributed by atoms with Gasteiger partial charge in [-0.3, -0.25) is 0 Å². The first-order valence-corrected chi connectivity index (χ1v) is 33.3. The fourth-order valence-corrected chi connectivity index (χ4v) is 20.7. The van der Waals surface area contributed by atoms with Crippen molar-refractivity contribution in [2.24, 2.45) is 0 Å². The fraction of sp³-hybridized carbons (Fsp3) is 0. The lowest BCUT2D eigenvalue weighted by molar-refractivity contribution is 1.27. The molecule has 0 bridgehead atoms. The maximum absolute atomic E-state index is 5.48. The molecule has 6 heterocycles. The normalized spacial score (nSPS) is 13.2. The summed E-state index contributed by atoms with van der Waals surface area (Å²) in [6.45, 7) is 0. The molecule has 0 fully saturated rings. The molecule has 0 unspecified atom stereocenters. The average Bonchev–Trinajstić information content (AvgIpc) is 1.50. The summed E-state index contributed by atoms with van der Waals surface area (Å²) in [4.78, 5) is 16.1. The molecule has 424 valence electrons. The van der Waals surface area contributed by atoms with Crippen LogP contribution in [0.25, 0.3) is 114 Å². The van der Waals surface area contributed by atoms with Crippen molar-refractivity contribution >= 4 is 87.2 Å². The molecule has 1 spiro atoms. The highest BCUT2D eigenvalue weighted by molar-refractivity contribution is 7.24. The topological polar surface area (TPSA) is 32.3 Å². The number of para-hydroxylation sites is 4. The van der Waals surface area contributed by atoms with E-state index in [1.165, 1.54) is 43.0 Å². The smallest absolute Gasteiger partial charge is 0.182 e. The van der Waals surface area contributed by atoms with Gasteiger partial charge >= 0.3 is 0 Å². The lowest BCUT2D eigenvalue weighted by atomic mass is 9.88. The number of hydrogen-bond acceptors (Lipinski definition) is 4. The quantitative estimate of drug-likeness (QED) is 0.142. The second kappa shape index (κ2) is 21.2. The summed E-state index contributed by atoms with van der Waals surface area (Å²) >= 11 is 0. The van der Waals surface area contributed by atoms with Crippen molar-refractivity contribution in [3.05, 3.63) is 338 Å². The van der Waals surface area contributed by atoms with Gasteiger partial charge in [-0.05, 0) is 137 Å². The first-order chi connectivity index (χ1) is 45.2. The van der Waals surface area contributed by atoms with Gasteiger partial charge in [0, 0.05) is 33.4 Å². The van der Waals surface area contributed by atoms with Crippen LogP contribution in [0.5, 0.6) is 0 Å². The van der Waals surface area contributed by atoms with Crippen molar-refractivity contribution in [3.63, 3.8) is 0 Å². The van der Waals surface area contributed by atoms with Crippen molar-refractivity contribution in [2.75, 3.05) is 9.80 Å². The highest BCUT2D eigenvalue weighted by Crippen LogP contribution is 2.54. The largest absolute Gasteiger partial charge is 0.309 e. The standard InChI is InChI=1S/C86H56N4Si/c1-5-25-57(26-6-1)69-53-65(54-70(87-69)58-27-7-2-8-28-58)67-37-21-45-79-83(67)84-68(66-55-71(59-29-9-3-10-30-59)88-72(56-66)60-31-11-4-12-32-60)38-22-46-80(84)91(79)81-47-23-43-77(89-73-39-17-13-33-61(73)49-50-62-34-14-18-40-74(62)89)85(81)86-78(44-24-48-82(86)91)90-75-41-19-15-35-63(75)51-52-64-36-16-20-42-76(64)90/h1-56H. The van der Waals surface area contributed by atoms with E-state index in [0.29, 0.717) is 0 Å². The Morgan fingerprint density at radius 2 is 0.462 bits per heavy atom. The van der Waals surface area contributed by atoms with E-state index >= 15 is 0 Å². The summed E-state index contributed by atoms with van der Waals surface area (Å²) in [5, 5.41) is 5.44. The van der Waals surface area contributed by atoms with Crippen LogP contribution in [0.1, 0.15) is 22.3 Å². The third-order valence-corrected chi connectivity index (χ3v) is 23.9. The Morgan fingerprint density at radius 3 is 0.769 bits per heavy atom. The number of hydrogen-bond donors (Lipinski definition) is 0. The van der Waals surface area contributed by atoms with Crippen LogP contribution in [-0.4, -0.2) is 18.0 Å². The van der Waals surface area contributed by atoms with Crippen LogP contribution in [-0.2, 0) is 0 Å². The molecular weight excluding hydrogens is 1120 g/mol. The molecule has 4 nitrogen and oxygen atoms in total. The van der Waals surface area contributed by atoms with Gasteiger partial charge < -0.3 is 9.80 Å². The predicted molar refractivity (Wildman–Crippen MR) is 383 cm³/mol. The van der Waals surface area contributed by atoms with Crippen LogP contribution in [0.3, 0.4) is 0 Å². The summed E-state index contributed by atoms with van der Waals surface area (Å²) in [5.41, 5.74) is 28.9. The minimum atomic E-state index is -3.49. The number of nitrogens with zero attached hydrogens (tertiary/aromatic N) is 4. The van der Waals surface area contributed by atoms with E-state index in [2.05, 4.69) is 350 Å². The summed E-state index contributed by atoms with van der Waals surface area (Å²) < 4.78 is 0. The Kier molecular flexibility index (Phi) is 12.2. The second-order valence-electron chi connectivity index (χ2n) is 23.9. The van der Waals surface area contributed by atoms with Gasteiger partial charge in [-0.15, -0.1) is 0 Å². The van der Waals surface area contributed by atoms with Crippen LogP contribution in [0.4, 0.5) is 34.1 Å². The van der Waals surface area contributed by atoms with Crippen molar-refractivity contribution in [1.82, 2.24) is 9.97 Å².